The molecule has 4 unspecified atom stereocenters. The van der Waals surface area contributed by atoms with Crippen molar-refractivity contribution in [3.05, 3.63) is 35.4 Å². The highest BCUT2D eigenvalue weighted by Crippen LogP contribution is 2.49. The van der Waals surface area contributed by atoms with Crippen molar-refractivity contribution in [3.8, 4) is 0 Å². The number of carbonyl (C=O) groups excluding carboxylic acids is 1. The summed E-state index contributed by atoms with van der Waals surface area (Å²) >= 11 is 0. The van der Waals surface area contributed by atoms with Crippen molar-refractivity contribution >= 4 is 15.9 Å². The van der Waals surface area contributed by atoms with Crippen LogP contribution in [0.25, 0.3) is 0 Å². The van der Waals surface area contributed by atoms with Crippen LogP contribution in [0.4, 0.5) is 8.78 Å². The average molecular weight is 372 g/mol. The number of carbonyl (C=O) groups is 1. The van der Waals surface area contributed by atoms with Gasteiger partial charge in [0.25, 0.3) is 0 Å². The van der Waals surface area contributed by atoms with Gasteiger partial charge >= 0.3 is 0 Å². The van der Waals surface area contributed by atoms with Gasteiger partial charge in [-0.15, -0.1) is 0 Å². The van der Waals surface area contributed by atoms with Crippen molar-refractivity contribution in [2.75, 3.05) is 12.8 Å². The zero-order valence-electron chi connectivity index (χ0n) is 14.0. The van der Waals surface area contributed by atoms with Gasteiger partial charge in [0.2, 0.25) is 15.9 Å². The minimum atomic E-state index is -3.28. The third-order valence-corrected chi connectivity index (χ3v) is 5.79. The van der Waals surface area contributed by atoms with Gasteiger partial charge < -0.3 is 5.32 Å². The SMILES string of the molecule is CS(=O)(=O)NC1CCCC1CNC(=O)C1CC1c1c(F)cccc1F. The summed E-state index contributed by atoms with van der Waals surface area (Å²) in [5, 5.41) is 2.82. The molecule has 0 radical (unpaired) electrons. The lowest BCUT2D eigenvalue weighted by molar-refractivity contribution is -0.122. The van der Waals surface area contributed by atoms with Gasteiger partial charge in [-0.1, -0.05) is 12.5 Å². The Balaban J connectivity index is 1.54. The average Bonchev–Trinajstić information content (AvgIpc) is 3.17. The van der Waals surface area contributed by atoms with Crippen LogP contribution >= 0.6 is 0 Å². The fourth-order valence-electron chi connectivity index (χ4n) is 3.74. The van der Waals surface area contributed by atoms with Crippen LogP contribution in [0.15, 0.2) is 18.2 Å². The molecule has 1 amide bonds. The Hall–Kier alpha value is -1.54. The number of rotatable bonds is 6. The Morgan fingerprint density at radius 3 is 2.56 bits per heavy atom. The molecule has 2 aliphatic carbocycles. The van der Waals surface area contributed by atoms with Crippen molar-refractivity contribution < 1.29 is 22.0 Å². The second-order valence-corrected chi connectivity index (χ2v) is 8.80. The van der Waals surface area contributed by atoms with Crippen molar-refractivity contribution in [2.24, 2.45) is 11.8 Å². The van der Waals surface area contributed by atoms with Crippen molar-refractivity contribution in [1.29, 1.82) is 0 Å². The van der Waals surface area contributed by atoms with Crippen LogP contribution in [-0.2, 0) is 14.8 Å². The Morgan fingerprint density at radius 1 is 1.24 bits per heavy atom. The molecule has 0 aromatic heterocycles. The number of hydrogen-bond acceptors (Lipinski definition) is 3. The van der Waals surface area contributed by atoms with E-state index in [2.05, 4.69) is 10.0 Å². The minimum absolute atomic E-state index is 0.0138. The maximum atomic E-state index is 13.8. The standard InChI is InChI=1S/C17H22F2N2O3S/c1-25(23,24)21-15-7-2-4-10(15)9-20-17(22)12-8-11(12)16-13(18)5-3-6-14(16)19/h3,5-6,10-12,15,21H,2,4,7-9H2,1H3,(H,20,22). The van der Waals surface area contributed by atoms with Gasteiger partial charge in [-0.3, -0.25) is 4.79 Å². The van der Waals surface area contributed by atoms with E-state index >= 15 is 0 Å². The molecule has 4 atom stereocenters. The zero-order chi connectivity index (χ0) is 18.2. The van der Waals surface area contributed by atoms with E-state index in [0.717, 1.165) is 25.5 Å². The smallest absolute Gasteiger partial charge is 0.223 e. The van der Waals surface area contributed by atoms with Crippen molar-refractivity contribution in [1.82, 2.24) is 10.0 Å². The van der Waals surface area contributed by atoms with Crippen LogP contribution in [0.2, 0.25) is 0 Å². The topological polar surface area (TPSA) is 75.3 Å². The van der Waals surface area contributed by atoms with Gasteiger partial charge in [0.15, 0.2) is 0 Å². The molecule has 138 valence electrons. The Bertz CT molecular complexity index is 749. The molecule has 1 aromatic rings. The number of halogens is 2. The van der Waals surface area contributed by atoms with Crippen molar-refractivity contribution in [3.63, 3.8) is 0 Å². The van der Waals surface area contributed by atoms with E-state index in [1.807, 2.05) is 0 Å². The number of nitrogens with one attached hydrogen (secondary N) is 2. The van der Waals surface area contributed by atoms with Crippen LogP contribution in [0, 0.1) is 23.5 Å². The summed E-state index contributed by atoms with van der Waals surface area (Å²) in [6.07, 6.45) is 4.04. The summed E-state index contributed by atoms with van der Waals surface area (Å²) in [6, 6.07) is 3.53. The lowest BCUT2D eigenvalue weighted by atomic mass is 10.0. The summed E-state index contributed by atoms with van der Waals surface area (Å²) in [5.74, 6) is -2.26. The Kier molecular flexibility index (Phi) is 5.11. The summed E-state index contributed by atoms with van der Waals surface area (Å²) in [5.41, 5.74) is -0.0138. The Labute approximate surface area is 146 Å². The first kappa shape index (κ1) is 18.3. The highest BCUT2D eigenvalue weighted by molar-refractivity contribution is 7.88. The predicted molar refractivity (Wildman–Crippen MR) is 89.3 cm³/mol. The highest BCUT2D eigenvalue weighted by atomic mass is 32.2. The first-order valence-electron chi connectivity index (χ1n) is 8.45. The highest BCUT2D eigenvalue weighted by Gasteiger charge is 2.46. The van der Waals surface area contributed by atoms with Crippen LogP contribution in [0.1, 0.15) is 37.2 Å². The van der Waals surface area contributed by atoms with Gasteiger partial charge in [-0.25, -0.2) is 21.9 Å². The molecule has 5 nitrogen and oxygen atoms in total. The lowest BCUT2D eigenvalue weighted by Gasteiger charge is -2.20. The van der Waals surface area contributed by atoms with Gasteiger partial charge in [0.1, 0.15) is 11.6 Å². The molecule has 0 heterocycles. The second-order valence-electron chi connectivity index (χ2n) is 7.02. The molecule has 0 aliphatic heterocycles. The van der Waals surface area contributed by atoms with E-state index in [4.69, 9.17) is 0 Å². The molecule has 0 saturated heterocycles. The molecule has 2 saturated carbocycles. The molecule has 25 heavy (non-hydrogen) atoms. The predicted octanol–water partition coefficient (Wildman–Crippen LogP) is 1.90. The van der Waals surface area contributed by atoms with E-state index in [0.29, 0.717) is 13.0 Å². The number of hydrogen-bond donors (Lipinski definition) is 2. The van der Waals surface area contributed by atoms with Crippen LogP contribution in [0.5, 0.6) is 0 Å². The zero-order valence-corrected chi connectivity index (χ0v) is 14.8. The molecule has 0 spiro atoms. The van der Waals surface area contributed by atoms with Gasteiger partial charge in [0.05, 0.1) is 6.26 Å². The monoisotopic (exact) mass is 372 g/mol. The summed E-state index contributed by atoms with van der Waals surface area (Å²) < 4.78 is 52.9. The summed E-state index contributed by atoms with van der Waals surface area (Å²) in [6.45, 7) is 0.370. The Morgan fingerprint density at radius 2 is 1.92 bits per heavy atom. The van der Waals surface area contributed by atoms with E-state index in [1.54, 1.807) is 0 Å². The fourth-order valence-corrected chi connectivity index (χ4v) is 4.60. The van der Waals surface area contributed by atoms with Gasteiger partial charge in [-0.2, -0.15) is 0 Å². The minimum Gasteiger partial charge on any atom is -0.356 e. The quantitative estimate of drug-likeness (QED) is 0.801. The normalized spacial score (nSPS) is 28.8. The molecule has 2 aliphatic rings. The third kappa shape index (κ3) is 4.36. The number of amides is 1. The van der Waals surface area contributed by atoms with E-state index in [9.17, 15) is 22.0 Å². The van der Waals surface area contributed by atoms with E-state index in [-0.39, 0.29) is 23.4 Å². The summed E-state index contributed by atoms with van der Waals surface area (Å²) in [7, 11) is -3.28. The molecule has 1 aromatic carbocycles. The fraction of sp³-hybridized carbons (Fsp3) is 0.588. The van der Waals surface area contributed by atoms with Crippen LogP contribution < -0.4 is 10.0 Å². The maximum absolute atomic E-state index is 13.8. The van der Waals surface area contributed by atoms with E-state index < -0.39 is 33.5 Å². The summed E-state index contributed by atoms with van der Waals surface area (Å²) in [4.78, 5) is 12.3. The molecular weight excluding hydrogens is 350 g/mol. The van der Waals surface area contributed by atoms with Crippen LogP contribution in [0.3, 0.4) is 0 Å². The molecule has 3 rings (SSSR count). The number of sulfonamides is 1. The van der Waals surface area contributed by atoms with E-state index in [1.165, 1.54) is 18.2 Å². The van der Waals surface area contributed by atoms with Crippen molar-refractivity contribution in [2.45, 2.75) is 37.6 Å². The second kappa shape index (κ2) is 6.99. The molecule has 2 fully saturated rings. The molecule has 8 heteroatoms. The molecular formula is C17H22F2N2O3S. The molecule has 0 bridgehead atoms. The lowest BCUT2D eigenvalue weighted by Crippen LogP contribution is -2.41. The maximum Gasteiger partial charge on any atom is 0.223 e. The first-order chi connectivity index (χ1) is 11.8. The number of benzene rings is 1. The first-order valence-corrected chi connectivity index (χ1v) is 10.3. The van der Waals surface area contributed by atoms with Crippen LogP contribution in [-0.4, -0.2) is 33.2 Å². The largest absolute Gasteiger partial charge is 0.356 e. The van der Waals surface area contributed by atoms with Gasteiger partial charge in [-0.05, 0) is 37.3 Å². The molecule has 2 N–H and O–H groups in total. The third-order valence-electron chi connectivity index (χ3n) is 5.06. The van der Waals surface area contributed by atoms with Gasteiger partial charge in [0, 0.05) is 30.0 Å².